The number of rotatable bonds is 1. The molecule has 1 heterocycles. The van der Waals surface area contributed by atoms with Crippen molar-refractivity contribution < 1.29 is 5.11 Å². The second kappa shape index (κ2) is 4.19. The van der Waals surface area contributed by atoms with Crippen LogP contribution in [-0.4, -0.2) is 9.97 Å². The van der Waals surface area contributed by atoms with Crippen molar-refractivity contribution in [2.75, 3.05) is 0 Å². The number of nitrogens with one attached hydrogen (secondary N) is 1. The molecule has 0 saturated carbocycles. The number of H-pyrrole nitrogens is 1. The summed E-state index contributed by atoms with van der Waals surface area (Å²) >= 11 is 12.0. The number of fused-ring (bicyclic) bond motifs is 1. The first-order valence-electron chi connectivity index (χ1n) is 5.26. The van der Waals surface area contributed by atoms with Crippen molar-refractivity contribution in [2.45, 2.75) is 0 Å². The molecular weight excluding hydrogens is 271 g/mol. The van der Waals surface area contributed by atoms with Crippen LogP contribution in [0.2, 0.25) is 10.0 Å². The molecule has 5 heteroatoms. The second-order valence-corrected chi connectivity index (χ2v) is 4.73. The molecule has 0 amide bonds. The highest BCUT2D eigenvalue weighted by Gasteiger charge is 2.09. The fourth-order valence-corrected chi connectivity index (χ4v) is 2.29. The molecule has 0 fully saturated rings. The zero-order valence-corrected chi connectivity index (χ0v) is 10.6. The van der Waals surface area contributed by atoms with E-state index in [2.05, 4.69) is 9.97 Å². The number of aromatic amines is 1. The minimum atomic E-state index is -0.0669. The maximum Gasteiger partial charge on any atom is 0.180 e. The Balaban J connectivity index is 2.19. The molecule has 0 atom stereocenters. The Morgan fingerprint density at radius 1 is 1.06 bits per heavy atom. The van der Waals surface area contributed by atoms with Crippen LogP contribution in [0.4, 0.5) is 0 Å². The molecule has 1 aromatic heterocycles. The van der Waals surface area contributed by atoms with Crippen LogP contribution in [0.5, 0.6) is 5.75 Å². The van der Waals surface area contributed by atoms with Gasteiger partial charge in [-0.05, 0) is 30.3 Å². The van der Waals surface area contributed by atoms with Crippen LogP contribution in [0.3, 0.4) is 0 Å². The second-order valence-electron chi connectivity index (χ2n) is 3.89. The van der Waals surface area contributed by atoms with Gasteiger partial charge in [0.2, 0.25) is 0 Å². The van der Waals surface area contributed by atoms with E-state index in [1.165, 1.54) is 12.1 Å². The summed E-state index contributed by atoms with van der Waals surface area (Å²) in [7, 11) is 0. The maximum absolute atomic E-state index is 11.2. The van der Waals surface area contributed by atoms with Crippen LogP contribution in [0, 0.1) is 0 Å². The van der Waals surface area contributed by atoms with Gasteiger partial charge in [0.15, 0.2) is 5.75 Å². The zero-order chi connectivity index (χ0) is 12.7. The topological polar surface area (TPSA) is 48.6 Å². The van der Waals surface area contributed by atoms with E-state index in [9.17, 15) is 5.11 Å². The number of benzene rings is 2. The monoisotopic (exact) mass is 277 g/mol. The smallest absolute Gasteiger partial charge is 0.180 e. The third-order valence-corrected chi connectivity index (χ3v) is 3.19. The lowest BCUT2D eigenvalue weighted by Gasteiger charge is -2.00. The molecule has 0 bridgehead atoms. The van der Waals surface area contributed by atoms with Gasteiger partial charge in [-0.2, -0.15) is 0 Å². The lowest BCUT2D eigenvalue weighted by Crippen LogP contribution is -1.81. The molecule has 0 spiro atoms. The molecule has 3 aromatic rings. The average molecular weight is 278 g/mol. The number of nitrogens with zero attached hydrogens (tertiary/aromatic N) is 1. The van der Waals surface area contributed by atoms with Crippen molar-refractivity contribution in [3.05, 3.63) is 46.4 Å². The zero-order valence-electron chi connectivity index (χ0n) is 9.08. The van der Waals surface area contributed by atoms with Crippen molar-refractivity contribution in [3.8, 4) is 17.1 Å². The summed E-state index contributed by atoms with van der Waals surface area (Å²) in [5.74, 6) is 0.556. The Labute approximate surface area is 113 Å². The molecule has 18 heavy (non-hydrogen) atoms. The van der Waals surface area contributed by atoms with Crippen LogP contribution in [0.25, 0.3) is 22.4 Å². The van der Waals surface area contributed by atoms with E-state index in [1.807, 2.05) is 0 Å². The molecule has 0 saturated heterocycles. The van der Waals surface area contributed by atoms with Crippen LogP contribution in [-0.2, 0) is 5.11 Å². The summed E-state index contributed by atoms with van der Waals surface area (Å²) in [6.45, 7) is 0. The first kappa shape index (κ1) is 11.4. The fraction of sp³-hybridized carbons (Fsp3) is 0. The van der Waals surface area contributed by atoms with Gasteiger partial charge in [0.25, 0.3) is 0 Å². The van der Waals surface area contributed by atoms with Crippen molar-refractivity contribution in [2.24, 2.45) is 0 Å². The van der Waals surface area contributed by atoms with Gasteiger partial charge < -0.3 is 4.98 Å². The predicted molar refractivity (Wildman–Crippen MR) is 71.7 cm³/mol. The van der Waals surface area contributed by atoms with Crippen LogP contribution >= 0.6 is 23.2 Å². The number of imidazole rings is 1. The van der Waals surface area contributed by atoms with E-state index >= 15 is 0 Å². The minimum absolute atomic E-state index is 0.0669. The lowest BCUT2D eigenvalue weighted by atomic mass is 10.2. The predicted octanol–water partition coefficient (Wildman–Crippen LogP) is 4.68. The summed E-state index contributed by atoms with van der Waals surface area (Å²) in [5.41, 5.74) is 2.18. The van der Waals surface area contributed by atoms with Gasteiger partial charge in [0, 0.05) is 16.7 Å². The first-order valence-corrected chi connectivity index (χ1v) is 6.01. The summed E-state index contributed by atoms with van der Waals surface area (Å²) in [4.78, 5) is 7.47. The standard InChI is InChI=1S/C13H7Cl2N2O/c14-7-1-3-9(10(15)5-7)13-16-11-4-2-8(18)6-12(11)17-13/h1-6H,(H,16,17). The van der Waals surface area contributed by atoms with Gasteiger partial charge in [-0.3, -0.25) is 5.11 Å². The normalized spacial score (nSPS) is 11.0. The van der Waals surface area contributed by atoms with Crippen LogP contribution in [0.15, 0.2) is 36.4 Å². The molecule has 89 valence electrons. The van der Waals surface area contributed by atoms with E-state index < -0.39 is 0 Å². The fourth-order valence-electron chi connectivity index (χ4n) is 1.79. The molecule has 3 rings (SSSR count). The molecule has 0 aliphatic rings. The minimum Gasteiger partial charge on any atom is -0.338 e. The van der Waals surface area contributed by atoms with E-state index in [4.69, 9.17) is 23.2 Å². The third-order valence-electron chi connectivity index (χ3n) is 2.64. The van der Waals surface area contributed by atoms with Gasteiger partial charge in [0.05, 0.1) is 16.1 Å². The molecule has 1 N–H and O–H groups in total. The summed E-state index contributed by atoms with van der Waals surface area (Å²) in [6.07, 6.45) is 0. The molecule has 0 unspecified atom stereocenters. The van der Waals surface area contributed by atoms with E-state index in [-0.39, 0.29) is 5.75 Å². The van der Waals surface area contributed by atoms with Gasteiger partial charge in [0.1, 0.15) is 5.82 Å². The highest BCUT2D eigenvalue weighted by atomic mass is 35.5. The molecule has 3 nitrogen and oxygen atoms in total. The Kier molecular flexibility index (Phi) is 2.65. The van der Waals surface area contributed by atoms with Gasteiger partial charge >= 0.3 is 0 Å². The highest BCUT2D eigenvalue weighted by Crippen LogP contribution is 2.30. The molecular formula is C13H7Cl2N2O. The number of hydrogen-bond donors (Lipinski definition) is 1. The van der Waals surface area contributed by atoms with Gasteiger partial charge in [-0.1, -0.05) is 23.2 Å². The van der Waals surface area contributed by atoms with E-state index in [1.54, 1.807) is 24.3 Å². The van der Waals surface area contributed by atoms with Crippen molar-refractivity contribution in [1.82, 2.24) is 9.97 Å². The molecule has 1 radical (unpaired) electrons. The number of halogens is 2. The molecule has 0 aliphatic heterocycles. The lowest BCUT2D eigenvalue weighted by molar-refractivity contribution is 0.355. The van der Waals surface area contributed by atoms with Crippen LogP contribution in [0.1, 0.15) is 0 Å². The van der Waals surface area contributed by atoms with Gasteiger partial charge in [-0.15, -0.1) is 0 Å². The summed E-state index contributed by atoms with van der Waals surface area (Å²) in [6, 6.07) is 9.88. The van der Waals surface area contributed by atoms with E-state index in [0.717, 1.165) is 11.1 Å². The third kappa shape index (κ3) is 1.92. The quantitative estimate of drug-likeness (QED) is 0.690. The van der Waals surface area contributed by atoms with Gasteiger partial charge in [-0.25, -0.2) is 4.98 Å². The van der Waals surface area contributed by atoms with Crippen molar-refractivity contribution >= 4 is 34.2 Å². The number of aromatic nitrogens is 2. The Morgan fingerprint density at radius 3 is 2.67 bits per heavy atom. The average Bonchev–Trinajstić information content (AvgIpc) is 2.71. The van der Waals surface area contributed by atoms with Crippen molar-refractivity contribution in [1.29, 1.82) is 0 Å². The summed E-state index contributed by atoms with van der Waals surface area (Å²) in [5, 5.41) is 12.3. The number of hydrogen-bond acceptors (Lipinski definition) is 1. The molecule has 0 aliphatic carbocycles. The van der Waals surface area contributed by atoms with E-state index in [0.29, 0.717) is 21.4 Å². The van der Waals surface area contributed by atoms with Crippen molar-refractivity contribution in [3.63, 3.8) is 0 Å². The summed E-state index contributed by atoms with van der Waals surface area (Å²) < 4.78 is 0. The van der Waals surface area contributed by atoms with Crippen LogP contribution < -0.4 is 0 Å². The first-order chi connectivity index (χ1) is 8.63. The Morgan fingerprint density at radius 2 is 1.89 bits per heavy atom. The SMILES string of the molecule is [O]c1ccc2[nH]c(-c3ccc(Cl)cc3Cl)nc2c1. The maximum atomic E-state index is 11.2. The largest absolute Gasteiger partial charge is 0.338 e. The highest BCUT2D eigenvalue weighted by molar-refractivity contribution is 6.36. The molecule has 2 aromatic carbocycles. The Hall–Kier alpha value is -1.71. The Bertz CT molecular complexity index is 737.